The molecule has 154 valence electrons. The number of aromatic hydroxyl groups is 1. The van der Waals surface area contributed by atoms with Crippen LogP contribution in [0.5, 0.6) is 11.5 Å². The summed E-state index contributed by atoms with van der Waals surface area (Å²) in [6.07, 6.45) is 0.00323. The first kappa shape index (κ1) is 21.1. The fourth-order valence-corrected chi connectivity index (χ4v) is 3.40. The average Bonchev–Trinajstić information content (AvgIpc) is 2.75. The molecule has 0 heterocycles. The molecule has 0 spiro atoms. The van der Waals surface area contributed by atoms with Gasteiger partial charge in [-0.3, -0.25) is 9.59 Å². The van der Waals surface area contributed by atoms with Crippen molar-refractivity contribution >= 4 is 11.8 Å². The zero-order valence-corrected chi connectivity index (χ0v) is 16.7. The number of phenolic OH excluding ortho intramolecular Hbond substituents is 1. The summed E-state index contributed by atoms with van der Waals surface area (Å²) < 4.78 is 5.79. The monoisotopic (exact) mass is 404 g/mol. The fraction of sp³-hybridized carbons (Fsp3) is 0.200. The topological polar surface area (TPSA) is 83.8 Å². The van der Waals surface area contributed by atoms with Crippen molar-refractivity contribution in [2.45, 2.75) is 32.3 Å². The quantitative estimate of drug-likeness (QED) is 0.484. The van der Waals surface area contributed by atoms with Gasteiger partial charge in [0.2, 0.25) is 0 Å². The van der Waals surface area contributed by atoms with E-state index in [4.69, 9.17) is 9.84 Å². The van der Waals surface area contributed by atoms with E-state index < -0.39 is 11.9 Å². The van der Waals surface area contributed by atoms with Gasteiger partial charge in [-0.15, -0.1) is 0 Å². The van der Waals surface area contributed by atoms with E-state index >= 15 is 0 Å². The molecule has 3 rings (SSSR count). The summed E-state index contributed by atoms with van der Waals surface area (Å²) in [6, 6.07) is 21.6. The van der Waals surface area contributed by atoms with Gasteiger partial charge >= 0.3 is 5.97 Å². The molecule has 0 bridgehead atoms. The number of hydrogen-bond acceptors (Lipinski definition) is 4. The molecule has 0 aliphatic rings. The molecule has 0 saturated carbocycles. The number of ketones is 1. The highest BCUT2D eigenvalue weighted by atomic mass is 16.5. The zero-order valence-electron chi connectivity index (χ0n) is 16.7. The van der Waals surface area contributed by atoms with Crippen LogP contribution >= 0.6 is 0 Å². The molecular weight excluding hydrogens is 380 g/mol. The number of aliphatic carboxylic acids is 1. The Labute approximate surface area is 175 Å². The molecular formula is C25H24O5. The largest absolute Gasteiger partial charge is 0.507 e. The van der Waals surface area contributed by atoms with Crippen molar-refractivity contribution in [3.8, 4) is 11.5 Å². The first-order chi connectivity index (χ1) is 14.5. The summed E-state index contributed by atoms with van der Waals surface area (Å²) in [5, 5.41) is 19.5. The van der Waals surface area contributed by atoms with Crippen LogP contribution in [0.4, 0.5) is 0 Å². The molecule has 5 heteroatoms. The summed E-state index contributed by atoms with van der Waals surface area (Å²) in [6.45, 7) is 2.22. The highest BCUT2D eigenvalue weighted by Gasteiger charge is 2.26. The van der Waals surface area contributed by atoms with Crippen molar-refractivity contribution in [1.29, 1.82) is 0 Å². The van der Waals surface area contributed by atoms with Crippen molar-refractivity contribution in [2.24, 2.45) is 0 Å². The number of benzene rings is 3. The molecule has 30 heavy (non-hydrogen) atoms. The van der Waals surface area contributed by atoms with Crippen LogP contribution in [0.3, 0.4) is 0 Å². The Morgan fingerprint density at radius 2 is 1.67 bits per heavy atom. The molecule has 3 aromatic rings. The average molecular weight is 404 g/mol. The van der Waals surface area contributed by atoms with E-state index in [1.54, 1.807) is 6.07 Å². The second-order valence-corrected chi connectivity index (χ2v) is 7.16. The molecule has 2 N–H and O–H groups in total. The Hall–Kier alpha value is -3.60. The lowest BCUT2D eigenvalue weighted by molar-refractivity contribution is -0.137. The van der Waals surface area contributed by atoms with E-state index in [-0.39, 0.29) is 29.9 Å². The number of rotatable bonds is 9. The lowest BCUT2D eigenvalue weighted by Gasteiger charge is -2.19. The Balaban J connectivity index is 1.87. The van der Waals surface area contributed by atoms with Gasteiger partial charge in [0.1, 0.15) is 18.1 Å². The van der Waals surface area contributed by atoms with Crippen LogP contribution in [0, 0.1) is 6.92 Å². The summed E-state index contributed by atoms with van der Waals surface area (Å²) in [4.78, 5) is 24.5. The Morgan fingerprint density at radius 1 is 0.967 bits per heavy atom. The second kappa shape index (κ2) is 9.74. The minimum Gasteiger partial charge on any atom is -0.507 e. The minimum absolute atomic E-state index is 0.124. The molecule has 0 aromatic heterocycles. The molecule has 0 amide bonds. The first-order valence-electron chi connectivity index (χ1n) is 9.77. The number of carbonyl (C=O) groups is 2. The Morgan fingerprint density at radius 3 is 2.37 bits per heavy atom. The molecule has 3 aromatic carbocycles. The van der Waals surface area contributed by atoms with E-state index in [0.29, 0.717) is 12.4 Å². The van der Waals surface area contributed by atoms with Gasteiger partial charge in [-0.1, -0.05) is 54.6 Å². The lowest BCUT2D eigenvalue weighted by Crippen LogP contribution is -2.16. The van der Waals surface area contributed by atoms with Crippen LogP contribution in [0.1, 0.15) is 45.8 Å². The van der Waals surface area contributed by atoms with Crippen LogP contribution in [0.2, 0.25) is 0 Å². The molecule has 1 atom stereocenters. The highest BCUT2D eigenvalue weighted by Crippen LogP contribution is 2.33. The zero-order chi connectivity index (χ0) is 21.5. The molecule has 5 nitrogen and oxygen atoms in total. The normalized spacial score (nSPS) is 11.6. The van der Waals surface area contributed by atoms with Crippen molar-refractivity contribution < 1.29 is 24.5 Å². The van der Waals surface area contributed by atoms with Crippen LogP contribution in [0.25, 0.3) is 0 Å². The van der Waals surface area contributed by atoms with Crippen molar-refractivity contribution in [1.82, 2.24) is 0 Å². The third-order valence-electron chi connectivity index (χ3n) is 5.01. The number of aryl methyl sites for hydroxylation is 1. The maximum Gasteiger partial charge on any atom is 0.303 e. The third-order valence-corrected chi connectivity index (χ3v) is 5.01. The highest BCUT2D eigenvalue weighted by molar-refractivity contribution is 6.03. The van der Waals surface area contributed by atoms with E-state index in [1.807, 2.05) is 61.5 Å². The predicted octanol–water partition coefficient (Wildman–Crippen LogP) is 5.11. The molecule has 0 saturated heterocycles. The van der Waals surface area contributed by atoms with Crippen LogP contribution < -0.4 is 4.74 Å². The number of Topliss-reactive ketones (excluding diaryl/α,β-unsaturated/α-hetero) is 1. The van der Waals surface area contributed by atoms with E-state index in [2.05, 4.69) is 0 Å². The summed E-state index contributed by atoms with van der Waals surface area (Å²) >= 11 is 0. The number of carboxylic acid groups (broad SMARTS) is 1. The van der Waals surface area contributed by atoms with Gasteiger partial charge < -0.3 is 14.9 Å². The van der Waals surface area contributed by atoms with Gasteiger partial charge in [-0.25, -0.2) is 0 Å². The Kier molecular flexibility index (Phi) is 6.86. The van der Waals surface area contributed by atoms with Gasteiger partial charge in [0.25, 0.3) is 0 Å². The van der Waals surface area contributed by atoms with Crippen molar-refractivity contribution in [2.75, 3.05) is 0 Å². The molecule has 1 unspecified atom stereocenters. The van der Waals surface area contributed by atoms with Crippen molar-refractivity contribution in [3.63, 3.8) is 0 Å². The maximum absolute atomic E-state index is 13.3. The molecule has 0 radical (unpaired) electrons. The van der Waals surface area contributed by atoms with Gasteiger partial charge in [-0.05, 0) is 48.2 Å². The number of phenols is 1. The summed E-state index contributed by atoms with van der Waals surface area (Å²) in [5.41, 5.74) is 2.77. The smallest absolute Gasteiger partial charge is 0.303 e. The van der Waals surface area contributed by atoms with Gasteiger partial charge in [0.05, 0.1) is 5.56 Å². The molecule has 0 aliphatic carbocycles. The van der Waals surface area contributed by atoms with Gasteiger partial charge in [-0.2, -0.15) is 0 Å². The van der Waals surface area contributed by atoms with E-state index in [0.717, 1.165) is 16.7 Å². The Bertz CT molecular complexity index is 1030. The van der Waals surface area contributed by atoms with Crippen LogP contribution in [-0.2, 0) is 11.4 Å². The molecule has 0 fully saturated rings. The van der Waals surface area contributed by atoms with Gasteiger partial charge in [0.15, 0.2) is 5.78 Å². The number of ether oxygens (including phenoxy) is 1. The van der Waals surface area contributed by atoms with Crippen LogP contribution in [0.15, 0.2) is 72.8 Å². The standard InChI is InChI=1S/C25H24O5/c1-17-7-5-6-10-20(17)21(12-14-24(27)28)25(29)22-15-19(11-13-23(22)26)30-16-18-8-3-2-4-9-18/h2-11,13,15,21,26H,12,14,16H2,1H3,(H,27,28). The minimum atomic E-state index is -0.967. The summed E-state index contributed by atoms with van der Waals surface area (Å²) in [7, 11) is 0. The predicted molar refractivity (Wildman–Crippen MR) is 114 cm³/mol. The van der Waals surface area contributed by atoms with Crippen molar-refractivity contribution in [3.05, 3.63) is 95.1 Å². The van der Waals surface area contributed by atoms with E-state index in [9.17, 15) is 14.7 Å². The second-order valence-electron chi connectivity index (χ2n) is 7.16. The number of carbonyl (C=O) groups excluding carboxylic acids is 1. The van der Waals surface area contributed by atoms with E-state index in [1.165, 1.54) is 12.1 Å². The van der Waals surface area contributed by atoms with Crippen LogP contribution in [-0.4, -0.2) is 22.0 Å². The van der Waals surface area contributed by atoms with Gasteiger partial charge in [0, 0.05) is 12.3 Å². The number of carboxylic acids is 1. The number of hydrogen-bond donors (Lipinski definition) is 2. The third kappa shape index (κ3) is 5.26. The lowest BCUT2D eigenvalue weighted by atomic mass is 9.84. The SMILES string of the molecule is Cc1ccccc1C(CCC(=O)O)C(=O)c1cc(OCc2ccccc2)ccc1O. The maximum atomic E-state index is 13.3. The summed E-state index contributed by atoms with van der Waals surface area (Å²) in [5.74, 6) is -1.65. The molecule has 0 aliphatic heterocycles. The first-order valence-corrected chi connectivity index (χ1v) is 9.77. The fourth-order valence-electron chi connectivity index (χ4n) is 3.40.